The molecule has 0 aliphatic heterocycles. The molecule has 1 saturated carbocycles. The van der Waals surface area contributed by atoms with E-state index in [1.807, 2.05) is 13.8 Å². The molecule has 0 aromatic rings. The van der Waals surface area contributed by atoms with Crippen molar-refractivity contribution < 1.29 is 14.7 Å². The molecule has 0 heterocycles. The number of aliphatic hydroxyl groups excluding tert-OH is 1. The summed E-state index contributed by atoms with van der Waals surface area (Å²) in [5, 5.41) is 15.5. The zero-order valence-electron chi connectivity index (χ0n) is 12.8. The predicted octanol–water partition coefficient (Wildman–Crippen LogP) is 1.20. The molecule has 0 aromatic carbocycles. The summed E-state index contributed by atoms with van der Waals surface area (Å²) >= 11 is 0. The van der Waals surface area contributed by atoms with Crippen molar-refractivity contribution in [1.82, 2.24) is 10.6 Å². The van der Waals surface area contributed by atoms with E-state index in [9.17, 15) is 14.7 Å². The van der Waals surface area contributed by atoms with E-state index in [-0.39, 0.29) is 23.8 Å². The average Bonchev–Trinajstić information content (AvgIpc) is 2.35. The molecule has 3 N–H and O–H groups in total. The van der Waals surface area contributed by atoms with Crippen LogP contribution in [-0.2, 0) is 9.59 Å². The Bertz CT molecular complexity index is 331. The molecule has 2 amide bonds. The van der Waals surface area contributed by atoms with Gasteiger partial charge in [0.05, 0.1) is 6.10 Å². The number of aliphatic hydroxyl groups is 1. The molecule has 1 aliphatic carbocycles. The van der Waals surface area contributed by atoms with Crippen LogP contribution in [0.2, 0.25) is 0 Å². The predicted molar refractivity (Wildman–Crippen MR) is 78.0 cm³/mol. The fourth-order valence-electron chi connectivity index (χ4n) is 2.73. The molecule has 0 aromatic heterocycles. The Balaban J connectivity index is 2.45. The standard InChI is InChI=1S/C15H28N2O3/c1-10(2)8-13(17-11(3)18)15(20)16-9-12-6-4-5-7-14(12)19/h10,12-14,19H,4-9H2,1-3H3,(H,16,20)(H,17,18)/t12?,13-,14?/m0/s1. The molecular formula is C15H28N2O3. The third-order valence-corrected chi connectivity index (χ3v) is 3.81. The van der Waals surface area contributed by atoms with Crippen molar-refractivity contribution in [3.63, 3.8) is 0 Å². The normalized spacial score (nSPS) is 24.2. The van der Waals surface area contributed by atoms with E-state index >= 15 is 0 Å². The highest BCUT2D eigenvalue weighted by Gasteiger charge is 2.25. The largest absolute Gasteiger partial charge is 0.393 e. The van der Waals surface area contributed by atoms with Crippen molar-refractivity contribution >= 4 is 11.8 Å². The first-order valence-corrected chi connectivity index (χ1v) is 7.63. The highest BCUT2D eigenvalue weighted by atomic mass is 16.3. The molecule has 0 saturated heterocycles. The first-order valence-electron chi connectivity index (χ1n) is 7.63. The van der Waals surface area contributed by atoms with E-state index in [1.54, 1.807) is 0 Å². The number of carbonyl (C=O) groups is 2. The smallest absolute Gasteiger partial charge is 0.242 e. The van der Waals surface area contributed by atoms with Gasteiger partial charge in [-0.15, -0.1) is 0 Å². The molecule has 20 heavy (non-hydrogen) atoms. The van der Waals surface area contributed by atoms with Gasteiger partial charge in [0.1, 0.15) is 6.04 Å². The molecule has 5 nitrogen and oxygen atoms in total. The molecule has 1 rings (SSSR count). The number of hydrogen-bond acceptors (Lipinski definition) is 3. The number of hydrogen-bond donors (Lipinski definition) is 3. The third-order valence-electron chi connectivity index (χ3n) is 3.81. The van der Waals surface area contributed by atoms with Gasteiger partial charge in [-0.2, -0.15) is 0 Å². The summed E-state index contributed by atoms with van der Waals surface area (Å²) in [6.45, 7) is 5.96. The van der Waals surface area contributed by atoms with E-state index < -0.39 is 6.04 Å². The summed E-state index contributed by atoms with van der Waals surface area (Å²) < 4.78 is 0. The van der Waals surface area contributed by atoms with Crippen molar-refractivity contribution in [1.29, 1.82) is 0 Å². The topological polar surface area (TPSA) is 78.4 Å². The van der Waals surface area contributed by atoms with Gasteiger partial charge >= 0.3 is 0 Å². The summed E-state index contributed by atoms with van der Waals surface area (Å²) in [4.78, 5) is 23.3. The SMILES string of the molecule is CC(=O)N[C@@H](CC(C)C)C(=O)NCC1CCCCC1O. The van der Waals surface area contributed by atoms with E-state index in [1.165, 1.54) is 6.92 Å². The molecule has 2 unspecified atom stereocenters. The second-order valence-corrected chi connectivity index (χ2v) is 6.24. The van der Waals surface area contributed by atoms with Crippen LogP contribution in [0.3, 0.4) is 0 Å². The Morgan fingerprint density at radius 1 is 1.25 bits per heavy atom. The summed E-state index contributed by atoms with van der Waals surface area (Å²) in [5.74, 6) is 0.137. The first kappa shape index (κ1) is 17.0. The Morgan fingerprint density at radius 2 is 1.90 bits per heavy atom. The fourth-order valence-corrected chi connectivity index (χ4v) is 2.73. The van der Waals surface area contributed by atoms with Gasteiger partial charge in [-0.05, 0) is 25.2 Å². The Labute approximate surface area is 121 Å². The van der Waals surface area contributed by atoms with E-state index in [4.69, 9.17) is 0 Å². The van der Waals surface area contributed by atoms with Crippen LogP contribution in [0.25, 0.3) is 0 Å². The molecular weight excluding hydrogens is 256 g/mol. The highest BCUT2D eigenvalue weighted by Crippen LogP contribution is 2.23. The minimum absolute atomic E-state index is 0.143. The zero-order chi connectivity index (χ0) is 15.1. The second-order valence-electron chi connectivity index (χ2n) is 6.24. The van der Waals surface area contributed by atoms with Gasteiger partial charge in [-0.3, -0.25) is 9.59 Å². The van der Waals surface area contributed by atoms with Crippen LogP contribution in [0, 0.1) is 11.8 Å². The van der Waals surface area contributed by atoms with E-state index in [2.05, 4.69) is 10.6 Å². The van der Waals surface area contributed by atoms with Crippen LogP contribution in [0.4, 0.5) is 0 Å². The van der Waals surface area contributed by atoms with Crippen molar-refractivity contribution in [2.24, 2.45) is 11.8 Å². The number of amides is 2. The number of rotatable bonds is 6. The van der Waals surface area contributed by atoms with Crippen LogP contribution in [0.15, 0.2) is 0 Å². The van der Waals surface area contributed by atoms with Crippen LogP contribution in [-0.4, -0.2) is 35.6 Å². The third kappa shape index (κ3) is 5.90. The second kappa shape index (κ2) is 8.25. The van der Waals surface area contributed by atoms with Gasteiger partial charge in [0.25, 0.3) is 0 Å². The summed E-state index contributed by atoms with van der Waals surface area (Å²) in [5.41, 5.74) is 0. The Morgan fingerprint density at radius 3 is 2.45 bits per heavy atom. The molecule has 116 valence electrons. The maximum absolute atomic E-state index is 12.2. The van der Waals surface area contributed by atoms with Crippen molar-refractivity contribution in [3.05, 3.63) is 0 Å². The zero-order valence-corrected chi connectivity index (χ0v) is 12.8. The lowest BCUT2D eigenvalue weighted by atomic mass is 9.86. The summed E-state index contributed by atoms with van der Waals surface area (Å²) in [7, 11) is 0. The average molecular weight is 284 g/mol. The van der Waals surface area contributed by atoms with Gasteiger partial charge in [0.2, 0.25) is 11.8 Å². The molecule has 1 fully saturated rings. The molecule has 5 heteroatoms. The monoisotopic (exact) mass is 284 g/mol. The van der Waals surface area contributed by atoms with Crippen molar-refractivity contribution in [2.75, 3.05) is 6.54 Å². The molecule has 0 bridgehead atoms. The highest BCUT2D eigenvalue weighted by molar-refractivity contribution is 5.86. The van der Waals surface area contributed by atoms with Gasteiger partial charge in [-0.1, -0.05) is 26.7 Å². The maximum atomic E-state index is 12.2. The lowest BCUT2D eigenvalue weighted by Gasteiger charge is -2.28. The van der Waals surface area contributed by atoms with E-state index in [0.717, 1.165) is 25.7 Å². The van der Waals surface area contributed by atoms with Gasteiger partial charge in [-0.25, -0.2) is 0 Å². The molecule has 0 spiro atoms. The van der Waals surface area contributed by atoms with Gasteiger partial charge < -0.3 is 15.7 Å². The lowest BCUT2D eigenvalue weighted by molar-refractivity contribution is -0.128. The quantitative estimate of drug-likeness (QED) is 0.686. The molecule has 0 radical (unpaired) electrons. The van der Waals surface area contributed by atoms with Crippen molar-refractivity contribution in [3.8, 4) is 0 Å². The molecule has 3 atom stereocenters. The summed E-state index contributed by atoms with van der Waals surface area (Å²) in [6.07, 6.45) is 4.26. The van der Waals surface area contributed by atoms with Crippen LogP contribution in [0.5, 0.6) is 0 Å². The minimum Gasteiger partial charge on any atom is -0.393 e. The molecule has 1 aliphatic rings. The Kier molecular flexibility index (Phi) is 6.99. The van der Waals surface area contributed by atoms with Crippen LogP contribution in [0.1, 0.15) is 52.9 Å². The van der Waals surface area contributed by atoms with Crippen LogP contribution >= 0.6 is 0 Å². The first-order chi connectivity index (χ1) is 9.40. The maximum Gasteiger partial charge on any atom is 0.242 e. The number of carbonyl (C=O) groups excluding carboxylic acids is 2. The van der Waals surface area contributed by atoms with Crippen LogP contribution < -0.4 is 10.6 Å². The minimum atomic E-state index is -0.478. The van der Waals surface area contributed by atoms with Gasteiger partial charge in [0, 0.05) is 19.4 Å². The Hall–Kier alpha value is -1.10. The number of nitrogens with one attached hydrogen (secondary N) is 2. The lowest BCUT2D eigenvalue weighted by Crippen LogP contribution is -2.48. The fraction of sp³-hybridized carbons (Fsp3) is 0.867. The van der Waals surface area contributed by atoms with Crippen molar-refractivity contribution in [2.45, 2.75) is 65.0 Å². The summed E-state index contributed by atoms with van der Waals surface area (Å²) in [6, 6.07) is -0.478. The van der Waals surface area contributed by atoms with E-state index in [0.29, 0.717) is 18.9 Å². The van der Waals surface area contributed by atoms with Gasteiger partial charge in [0.15, 0.2) is 0 Å².